The number of carbonyl (C=O) groups is 1. The minimum atomic E-state index is -1.77. The highest BCUT2D eigenvalue weighted by Crippen LogP contribution is 2.51. The summed E-state index contributed by atoms with van der Waals surface area (Å²) in [6, 6.07) is 17.5. The van der Waals surface area contributed by atoms with Gasteiger partial charge in [0.05, 0.1) is 6.42 Å². The van der Waals surface area contributed by atoms with Crippen molar-refractivity contribution >= 4 is 11.5 Å². The molecular formula is C22H20N2O4. The van der Waals surface area contributed by atoms with Crippen LogP contribution in [0.15, 0.2) is 77.0 Å². The number of fused-ring (bicyclic) bond motifs is 1. The third-order valence-corrected chi connectivity index (χ3v) is 5.88. The maximum atomic E-state index is 13.6. The number of hydrogen-bond acceptors (Lipinski definition) is 5. The highest BCUT2D eigenvalue weighted by molar-refractivity contribution is 6.16. The Bertz CT molecular complexity index is 1010. The molecule has 1 aliphatic heterocycles. The third-order valence-electron chi connectivity index (χ3n) is 5.88. The molecule has 28 heavy (non-hydrogen) atoms. The van der Waals surface area contributed by atoms with Crippen LogP contribution in [-0.2, 0) is 4.84 Å². The lowest BCUT2D eigenvalue weighted by Crippen LogP contribution is -2.67. The average molecular weight is 376 g/mol. The smallest absolute Gasteiger partial charge is 0.320 e. The maximum Gasteiger partial charge on any atom is 0.320 e. The number of nitrogens with zero attached hydrogens (tertiary/aromatic N) is 2. The van der Waals surface area contributed by atoms with Crippen LogP contribution in [0.25, 0.3) is 0 Å². The number of benzene rings is 2. The van der Waals surface area contributed by atoms with E-state index in [0.29, 0.717) is 11.1 Å². The Balaban J connectivity index is 1.96. The quantitative estimate of drug-likeness (QED) is 0.347. The van der Waals surface area contributed by atoms with Gasteiger partial charge in [0.15, 0.2) is 5.71 Å². The Morgan fingerprint density at radius 3 is 2.18 bits per heavy atom. The average Bonchev–Trinajstić information content (AvgIpc) is 3.05. The van der Waals surface area contributed by atoms with Crippen LogP contribution in [0.5, 0.6) is 0 Å². The van der Waals surface area contributed by atoms with Gasteiger partial charge in [0.1, 0.15) is 0 Å². The van der Waals surface area contributed by atoms with E-state index in [-0.39, 0.29) is 23.5 Å². The Morgan fingerprint density at radius 1 is 1.00 bits per heavy atom. The van der Waals surface area contributed by atoms with Crippen LogP contribution in [0, 0.1) is 10.1 Å². The number of rotatable bonds is 4. The predicted octanol–water partition coefficient (Wildman–Crippen LogP) is 4.19. The molecule has 4 rings (SSSR count). The molecule has 2 aliphatic rings. The SMILES string of the molecule is CC1=C(C)C[C@]2([N+](=O)[O-])C(c3ccccc3)=NO[C@]2(C(=O)c2ccccc2)C1. The van der Waals surface area contributed by atoms with Gasteiger partial charge in [-0.2, -0.15) is 0 Å². The van der Waals surface area contributed by atoms with Crippen LogP contribution >= 0.6 is 0 Å². The molecule has 2 aromatic carbocycles. The number of carbonyl (C=O) groups excluding carboxylic acids is 1. The third kappa shape index (κ3) is 2.34. The van der Waals surface area contributed by atoms with E-state index in [1.807, 2.05) is 19.9 Å². The lowest BCUT2D eigenvalue weighted by molar-refractivity contribution is -0.563. The van der Waals surface area contributed by atoms with Gasteiger partial charge in [-0.3, -0.25) is 14.9 Å². The van der Waals surface area contributed by atoms with Crippen molar-refractivity contribution in [2.24, 2.45) is 5.16 Å². The monoisotopic (exact) mass is 376 g/mol. The van der Waals surface area contributed by atoms with E-state index in [1.165, 1.54) is 0 Å². The van der Waals surface area contributed by atoms with Gasteiger partial charge in [-0.1, -0.05) is 77.0 Å². The van der Waals surface area contributed by atoms with E-state index in [2.05, 4.69) is 5.16 Å². The summed E-state index contributed by atoms with van der Waals surface area (Å²) in [5.41, 5.74) is -0.486. The lowest BCUT2D eigenvalue weighted by atomic mass is 9.62. The van der Waals surface area contributed by atoms with E-state index in [0.717, 1.165) is 11.1 Å². The lowest BCUT2D eigenvalue weighted by Gasteiger charge is -2.40. The van der Waals surface area contributed by atoms with Gasteiger partial charge in [-0.05, 0) is 13.8 Å². The number of ketones is 1. The number of hydrogen-bond donors (Lipinski definition) is 0. The maximum absolute atomic E-state index is 13.6. The van der Waals surface area contributed by atoms with Gasteiger partial charge in [0.2, 0.25) is 5.78 Å². The van der Waals surface area contributed by atoms with Gasteiger partial charge in [0.25, 0.3) is 5.60 Å². The fourth-order valence-corrected chi connectivity index (χ4v) is 4.25. The first kappa shape index (κ1) is 18.1. The zero-order chi connectivity index (χ0) is 19.9. The second kappa shape index (κ2) is 6.41. The molecule has 6 nitrogen and oxygen atoms in total. The van der Waals surface area contributed by atoms with Crippen LogP contribution < -0.4 is 0 Å². The van der Waals surface area contributed by atoms with Gasteiger partial charge in [-0.25, -0.2) is 0 Å². The fraction of sp³-hybridized carbons (Fsp3) is 0.273. The fourth-order valence-electron chi connectivity index (χ4n) is 4.25. The van der Waals surface area contributed by atoms with Crippen LogP contribution in [0.2, 0.25) is 0 Å². The molecule has 1 aliphatic carbocycles. The van der Waals surface area contributed by atoms with E-state index >= 15 is 0 Å². The molecule has 0 N–H and O–H groups in total. The Labute approximate surface area is 162 Å². The van der Waals surface area contributed by atoms with Crippen molar-refractivity contribution < 1.29 is 14.6 Å². The van der Waals surface area contributed by atoms with E-state index in [9.17, 15) is 14.9 Å². The van der Waals surface area contributed by atoms with E-state index in [1.54, 1.807) is 54.6 Å². The van der Waals surface area contributed by atoms with E-state index < -0.39 is 16.9 Å². The van der Waals surface area contributed by atoms with Crippen molar-refractivity contribution in [2.75, 3.05) is 0 Å². The standard InChI is InChI=1S/C22H20N2O4/c1-15-13-21(24(26)27)19(17-9-5-3-6-10-17)23-28-22(21,14-16(15)2)20(25)18-11-7-4-8-12-18/h3-12H,13-14H2,1-2H3/t21-,22-/m0/s1. The molecule has 0 unspecified atom stereocenters. The summed E-state index contributed by atoms with van der Waals surface area (Å²) in [4.78, 5) is 31.6. The molecule has 0 aromatic heterocycles. The van der Waals surface area contributed by atoms with Gasteiger partial charge in [0, 0.05) is 22.5 Å². The summed E-state index contributed by atoms with van der Waals surface area (Å²) in [5, 5.41) is 16.8. The van der Waals surface area contributed by atoms with Crippen molar-refractivity contribution in [1.29, 1.82) is 0 Å². The molecule has 0 fully saturated rings. The predicted molar refractivity (Wildman–Crippen MR) is 105 cm³/mol. The zero-order valence-electron chi connectivity index (χ0n) is 15.7. The first-order chi connectivity index (χ1) is 13.4. The minimum absolute atomic E-state index is 0.0815. The van der Waals surface area contributed by atoms with Gasteiger partial charge in [-0.15, -0.1) is 0 Å². The summed E-state index contributed by atoms with van der Waals surface area (Å²) in [5.74, 6) is -0.411. The Morgan fingerprint density at radius 2 is 1.57 bits per heavy atom. The van der Waals surface area contributed by atoms with Gasteiger partial charge < -0.3 is 4.84 Å². The van der Waals surface area contributed by atoms with Crippen molar-refractivity contribution in [1.82, 2.24) is 0 Å². The van der Waals surface area contributed by atoms with Crippen molar-refractivity contribution in [3.63, 3.8) is 0 Å². The second-order valence-electron chi connectivity index (χ2n) is 7.45. The summed E-state index contributed by atoms with van der Waals surface area (Å²) >= 11 is 0. The Kier molecular flexibility index (Phi) is 4.14. The molecule has 0 bridgehead atoms. The molecule has 142 valence electrons. The van der Waals surface area contributed by atoms with Crippen molar-refractivity contribution in [3.8, 4) is 0 Å². The van der Waals surface area contributed by atoms with Crippen LogP contribution in [0.1, 0.15) is 42.6 Å². The summed E-state index contributed by atoms with van der Waals surface area (Å²) < 4.78 is 0. The van der Waals surface area contributed by atoms with Crippen LogP contribution in [0.3, 0.4) is 0 Å². The number of Topliss-reactive ketones (excluding diaryl/α,β-unsaturated/α-hetero) is 1. The first-order valence-corrected chi connectivity index (χ1v) is 9.14. The summed E-state index contributed by atoms with van der Waals surface area (Å²) in [6.07, 6.45) is 0.214. The molecule has 1 heterocycles. The normalized spacial score (nSPS) is 26.3. The van der Waals surface area contributed by atoms with Crippen LogP contribution in [0.4, 0.5) is 0 Å². The molecule has 0 amide bonds. The van der Waals surface area contributed by atoms with Crippen molar-refractivity contribution in [3.05, 3.63) is 93.1 Å². The molecule has 0 spiro atoms. The number of oxime groups is 1. The first-order valence-electron chi connectivity index (χ1n) is 9.14. The Hall–Kier alpha value is -3.28. The molecule has 0 radical (unpaired) electrons. The molecule has 2 atom stereocenters. The largest absolute Gasteiger partial charge is 0.372 e. The van der Waals surface area contributed by atoms with Crippen LogP contribution in [-0.4, -0.2) is 27.6 Å². The van der Waals surface area contributed by atoms with Crippen molar-refractivity contribution in [2.45, 2.75) is 37.8 Å². The second-order valence-corrected chi connectivity index (χ2v) is 7.45. The molecule has 6 heteroatoms. The summed E-state index contributed by atoms with van der Waals surface area (Å²) in [6.45, 7) is 3.77. The van der Waals surface area contributed by atoms with Gasteiger partial charge >= 0.3 is 5.54 Å². The minimum Gasteiger partial charge on any atom is -0.372 e. The molecule has 0 saturated carbocycles. The topological polar surface area (TPSA) is 81.8 Å². The molecular weight excluding hydrogens is 356 g/mol. The van der Waals surface area contributed by atoms with E-state index in [4.69, 9.17) is 4.84 Å². The highest BCUT2D eigenvalue weighted by atomic mass is 16.7. The highest BCUT2D eigenvalue weighted by Gasteiger charge is 2.76. The summed E-state index contributed by atoms with van der Waals surface area (Å²) in [7, 11) is 0. The molecule has 2 aromatic rings. The number of nitro groups is 1. The molecule has 0 saturated heterocycles. The zero-order valence-corrected chi connectivity index (χ0v) is 15.7.